The number of fused-ring (bicyclic) bond motifs is 1. The summed E-state index contributed by atoms with van der Waals surface area (Å²) in [6.07, 6.45) is 0.811. The molecule has 0 fully saturated rings. The van der Waals surface area contributed by atoms with Gasteiger partial charge < -0.3 is 19.1 Å². The Morgan fingerprint density at radius 2 is 1.92 bits per heavy atom. The number of rotatable bonds is 6. The standard InChI is InChI=1S/C20H21NO5/c1-3-25-17-9-8-15(12-18(17)24-2)20(23)26-13-19(22)21-11-10-14-6-4-5-7-16(14)21/h4-9,12H,3,10-11,13H2,1-2H3. The van der Waals surface area contributed by atoms with Crippen LogP contribution in [0.4, 0.5) is 5.69 Å². The molecule has 0 saturated carbocycles. The molecule has 0 saturated heterocycles. The molecule has 1 aliphatic heterocycles. The van der Waals surface area contributed by atoms with Crippen molar-refractivity contribution in [2.75, 3.05) is 31.8 Å². The topological polar surface area (TPSA) is 65.1 Å². The number of amides is 1. The van der Waals surface area contributed by atoms with E-state index in [1.807, 2.05) is 31.2 Å². The van der Waals surface area contributed by atoms with Crippen molar-refractivity contribution in [2.45, 2.75) is 13.3 Å². The second kappa shape index (κ2) is 7.91. The fourth-order valence-electron chi connectivity index (χ4n) is 2.96. The Labute approximate surface area is 152 Å². The number of esters is 1. The lowest BCUT2D eigenvalue weighted by Gasteiger charge is -2.17. The molecule has 0 atom stereocenters. The van der Waals surface area contributed by atoms with E-state index in [0.717, 1.165) is 17.7 Å². The number of carbonyl (C=O) groups is 2. The van der Waals surface area contributed by atoms with Crippen molar-refractivity contribution in [2.24, 2.45) is 0 Å². The summed E-state index contributed by atoms with van der Waals surface area (Å²) in [6.45, 7) is 2.66. The highest BCUT2D eigenvalue weighted by Gasteiger charge is 2.25. The summed E-state index contributed by atoms with van der Waals surface area (Å²) in [4.78, 5) is 26.3. The maximum atomic E-state index is 12.4. The summed E-state index contributed by atoms with van der Waals surface area (Å²) >= 11 is 0. The van der Waals surface area contributed by atoms with Gasteiger partial charge in [-0.15, -0.1) is 0 Å². The van der Waals surface area contributed by atoms with E-state index in [2.05, 4.69) is 0 Å². The van der Waals surface area contributed by atoms with E-state index < -0.39 is 5.97 Å². The number of benzene rings is 2. The molecule has 3 rings (SSSR count). The van der Waals surface area contributed by atoms with Gasteiger partial charge in [0.1, 0.15) is 0 Å². The van der Waals surface area contributed by atoms with Crippen molar-refractivity contribution in [3.63, 3.8) is 0 Å². The summed E-state index contributed by atoms with van der Waals surface area (Å²) in [5.41, 5.74) is 2.32. The number of ether oxygens (including phenoxy) is 3. The number of carbonyl (C=O) groups excluding carboxylic acids is 2. The van der Waals surface area contributed by atoms with E-state index in [-0.39, 0.29) is 12.5 Å². The molecule has 0 spiro atoms. The summed E-state index contributed by atoms with van der Waals surface area (Å²) in [5, 5.41) is 0. The van der Waals surface area contributed by atoms with E-state index in [9.17, 15) is 9.59 Å². The Bertz CT molecular complexity index is 818. The largest absolute Gasteiger partial charge is 0.493 e. The fraction of sp³-hybridized carbons (Fsp3) is 0.300. The maximum Gasteiger partial charge on any atom is 0.338 e. The second-order valence-corrected chi connectivity index (χ2v) is 5.80. The lowest BCUT2D eigenvalue weighted by Crippen LogP contribution is -2.33. The summed E-state index contributed by atoms with van der Waals surface area (Å²) in [5.74, 6) is 0.186. The first-order chi connectivity index (χ1) is 12.6. The van der Waals surface area contributed by atoms with Crippen molar-refractivity contribution >= 4 is 17.6 Å². The van der Waals surface area contributed by atoms with Crippen molar-refractivity contribution < 1.29 is 23.8 Å². The third-order valence-electron chi connectivity index (χ3n) is 4.21. The van der Waals surface area contributed by atoms with Gasteiger partial charge in [0.15, 0.2) is 18.1 Å². The lowest BCUT2D eigenvalue weighted by atomic mass is 10.2. The SMILES string of the molecule is CCOc1ccc(C(=O)OCC(=O)N2CCc3ccccc32)cc1OC. The predicted octanol–water partition coefficient (Wildman–Crippen LogP) is 2.84. The molecule has 0 bridgehead atoms. The zero-order valence-corrected chi connectivity index (χ0v) is 14.9. The summed E-state index contributed by atoms with van der Waals surface area (Å²) in [7, 11) is 1.50. The average Bonchev–Trinajstić information content (AvgIpc) is 3.10. The Balaban J connectivity index is 1.63. The van der Waals surface area contributed by atoms with E-state index >= 15 is 0 Å². The van der Waals surface area contributed by atoms with Gasteiger partial charge in [0.05, 0.1) is 19.3 Å². The Morgan fingerprint density at radius 3 is 2.69 bits per heavy atom. The molecule has 6 nitrogen and oxygen atoms in total. The van der Waals surface area contributed by atoms with Crippen molar-refractivity contribution in [3.8, 4) is 11.5 Å². The van der Waals surface area contributed by atoms with Gasteiger partial charge in [0.25, 0.3) is 5.91 Å². The molecule has 0 radical (unpaired) electrons. The quantitative estimate of drug-likeness (QED) is 0.746. The average molecular weight is 355 g/mol. The van der Waals surface area contributed by atoms with Gasteiger partial charge in [-0.3, -0.25) is 4.79 Å². The molecular weight excluding hydrogens is 334 g/mol. The van der Waals surface area contributed by atoms with Crippen molar-refractivity contribution in [3.05, 3.63) is 53.6 Å². The third kappa shape index (κ3) is 3.64. The van der Waals surface area contributed by atoms with Crippen LogP contribution in [0.1, 0.15) is 22.8 Å². The van der Waals surface area contributed by atoms with E-state index in [1.54, 1.807) is 23.1 Å². The van der Waals surface area contributed by atoms with Gasteiger partial charge >= 0.3 is 5.97 Å². The first kappa shape index (κ1) is 17.8. The van der Waals surface area contributed by atoms with Crippen LogP contribution >= 0.6 is 0 Å². The van der Waals surface area contributed by atoms with Crippen LogP contribution < -0.4 is 14.4 Å². The third-order valence-corrected chi connectivity index (χ3v) is 4.21. The van der Waals surface area contributed by atoms with Gasteiger partial charge in [-0.1, -0.05) is 18.2 Å². The maximum absolute atomic E-state index is 12.4. The van der Waals surface area contributed by atoms with Gasteiger partial charge in [0, 0.05) is 12.2 Å². The molecule has 6 heteroatoms. The lowest BCUT2D eigenvalue weighted by molar-refractivity contribution is -0.121. The molecule has 26 heavy (non-hydrogen) atoms. The zero-order chi connectivity index (χ0) is 18.5. The molecular formula is C20H21NO5. The molecule has 0 aliphatic carbocycles. The molecule has 1 amide bonds. The van der Waals surface area contributed by atoms with Crippen LogP contribution in [0, 0.1) is 0 Å². The highest BCUT2D eigenvalue weighted by atomic mass is 16.5. The number of para-hydroxylation sites is 1. The molecule has 2 aromatic carbocycles. The first-order valence-corrected chi connectivity index (χ1v) is 8.50. The van der Waals surface area contributed by atoms with Crippen molar-refractivity contribution in [1.82, 2.24) is 0 Å². The zero-order valence-electron chi connectivity index (χ0n) is 14.9. The van der Waals surface area contributed by atoms with Crippen LogP contribution in [0.2, 0.25) is 0 Å². The molecule has 2 aromatic rings. The second-order valence-electron chi connectivity index (χ2n) is 5.80. The summed E-state index contributed by atoms with van der Waals surface area (Å²) in [6, 6.07) is 12.5. The molecule has 136 valence electrons. The number of methoxy groups -OCH3 is 1. The smallest absolute Gasteiger partial charge is 0.338 e. The highest BCUT2D eigenvalue weighted by Crippen LogP contribution is 2.29. The Kier molecular flexibility index (Phi) is 5.41. The molecule has 1 aliphatic rings. The van der Waals surface area contributed by atoms with Crippen LogP contribution in [-0.4, -0.2) is 38.7 Å². The van der Waals surface area contributed by atoms with Gasteiger partial charge in [-0.25, -0.2) is 4.79 Å². The molecule has 0 unspecified atom stereocenters. The summed E-state index contributed by atoms with van der Waals surface area (Å²) < 4.78 is 15.8. The van der Waals surface area contributed by atoms with Gasteiger partial charge in [-0.2, -0.15) is 0 Å². The van der Waals surface area contributed by atoms with Crippen LogP contribution in [0.15, 0.2) is 42.5 Å². The highest BCUT2D eigenvalue weighted by molar-refractivity contribution is 5.98. The number of hydrogen-bond donors (Lipinski definition) is 0. The molecule has 0 aromatic heterocycles. The van der Waals surface area contributed by atoms with Crippen LogP contribution in [-0.2, 0) is 16.0 Å². The van der Waals surface area contributed by atoms with E-state index in [1.165, 1.54) is 7.11 Å². The fourth-order valence-corrected chi connectivity index (χ4v) is 2.96. The normalized spacial score (nSPS) is 12.5. The van der Waals surface area contributed by atoms with E-state index in [0.29, 0.717) is 30.2 Å². The van der Waals surface area contributed by atoms with E-state index in [4.69, 9.17) is 14.2 Å². The number of hydrogen-bond acceptors (Lipinski definition) is 5. The van der Waals surface area contributed by atoms with Gasteiger partial charge in [-0.05, 0) is 43.2 Å². The predicted molar refractivity (Wildman–Crippen MR) is 96.9 cm³/mol. The Hall–Kier alpha value is -3.02. The first-order valence-electron chi connectivity index (χ1n) is 8.50. The van der Waals surface area contributed by atoms with Gasteiger partial charge in [0.2, 0.25) is 0 Å². The van der Waals surface area contributed by atoms with Crippen LogP contribution in [0.3, 0.4) is 0 Å². The minimum absolute atomic E-state index is 0.235. The molecule has 1 heterocycles. The van der Waals surface area contributed by atoms with Crippen LogP contribution in [0.5, 0.6) is 11.5 Å². The number of nitrogens with zero attached hydrogens (tertiary/aromatic N) is 1. The Morgan fingerprint density at radius 1 is 1.12 bits per heavy atom. The minimum Gasteiger partial charge on any atom is -0.493 e. The van der Waals surface area contributed by atoms with Crippen molar-refractivity contribution in [1.29, 1.82) is 0 Å². The molecule has 0 N–H and O–H groups in total. The minimum atomic E-state index is -0.577. The number of anilines is 1. The van der Waals surface area contributed by atoms with Crippen LogP contribution in [0.25, 0.3) is 0 Å². The monoisotopic (exact) mass is 355 g/mol.